The maximum absolute atomic E-state index is 12.4. The summed E-state index contributed by atoms with van der Waals surface area (Å²) >= 11 is 0. The first kappa shape index (κ1) is 13.9. The molecule has 0 aliphatic rings. The van der Waals surface area contributed by atoms with Crippen molar-refractivity contribution in [3.8, 4) is 11.5 Å². The molecule has 6 nitrogen and oxygen atoms in total. The number of benzene rings is 1. The summed E-state index contributed by atoms with van der Waals surface area (Å²) < 4.78 is 12.1. The van der Waals surface area contributed by atoms with E-state index < -0.39 is 0 Å². The zero-order valence-electron chi connectivity index (χ0n) is 11.9. The molecule has 0 saturated carbocycles. The van der Waals surface area contributed by atoms with E-state index >= 15 is 0 Å². The van der Waals surface area contributed by atoms with Crippen LogP contribution in [0.25, 0.3) is 0 Å². The van der Waals surface area contributed by atoms with Gasteiger partial charge in [-0.25, -0.2) is 0 Å². The van der Waals surface area contributed by atoms with Gasteiger partial charge >= 0.3 is 0 Å². The Hall–Kier alpha value is -2.50. The van der Waals surface area contributed by atoms with Gasteiger partial charge < -0.3 is 14.8 Å². The SMILES string of the molecule is COc1cccc(OC)c1C(=O)Nc1cn(C)nc1C. The number of amides is 1. The molecular weight excluding hydrogens is 258 g/mol. The summed E-state index contributed by atoms with van der Waals surface area (Å²) in [6.07, 6.45) is 1.75. The van der Waals surface area contributed by atoms with E-state index in [0.717, 1.165) is 5.69 Å². The second-order valence-corrected chi connectivity index (χ2v) is 4.29. The molecule has 0 fully saturated rings. The summed E-state index contributed by atoms with van der Waals surface area (Å²) in [6, 6.07) is 5.20. The zero-order valence-corrected chi connectivity index (χ0v) is 11.9. The average Bonchev–Trinajstić information content (AvgIpc) is 2.75. The summed E-state index contributed by atoms with van der Waals surface area (Å²) in [5.74, 6) is 0.627. The Kier molecular flexibility index (Phi) is 3.93. The molecule has 0 atom stereocenters. The molecule has 0 unspecified atom stereocenters. The third kappa shape index (κ3) is 2.59. The molecule has 2 aromatic rings. The van der Waals surface area contributed by atoms with Crippen molar-refractivity contribution in [3.63, 3.8) is 0 Å². The van der Waals surface area contributed by atoms with E-state index in [9.17, 15) is 4.79 Å². The van der Waals surface area contributed by atoms with E-state index in [1.165, 1.54) is 14.2 Å². The second-order valence-electron chi connectivity index (χ2n) is 4.29. The van der Waals surface area contributed by atoms with Crippen LogP contribution in [0, 0.1) is 6.92 Å². The van der Waals surface area contributed by atoms with Crippen molar-refractivity contribution in [2.45, 2.75) is 6.92 Å². The molecule has 2 rings (SSSR count). The van der Waals surface area contributed by atoms with Gasteiger partial charge in [0.1, 0.15) is 17.1 Å². The van der Waals surface area contributed by atoms with Gasteiger partial charge in [-0.15, -0.1) is 0 Å². The normalized spacial score (nSPS) is 10.2. The molecule has 0 saturated heterocycles. The van der Waals surface area contributed by atoms with Gasteiger partial charge in [0.25, 0.3) is 5.91 Å². The Balaban J connectivity index is 2.36. The van der Waals surface area contributed by atoms with Crippen molar-refractivity contribution >= 4 is 11.6 Å². The van der Waals surface area contributed by atoms with E-state index in [2.05, 4.69) is 10.4 Å². The number of hydrogen-bond donors (Lipinski definition) is 1. The van der Waals surface area contributed by atoms with E-state index in [1.807, 2.05) is 6.92 Å². The molecule has 106 valence electrons. The van der Waals surface area contributed by atoms with Crippen LogP contribution >= 0.6 is 0 Å². The summed E-state index contributed by atoms with van der Waals surface area (Å²) in [6.45, 7) is 1.83. The van der Waals surface area contributed by atoms with Crippen LogP contribution in [-0.4, -0.2) is 29.9 Å². The van der Waals surface area contributed by atoms with Crippen LogP contribution in [0.2, 0.25) is 0 Å². The zero-order chi connectivity index (χ0) is 14.7. The minimum Gasteiger partial charge on any atom is -0.496 e. The summed E-state index contributed by atoms with van der Waals surface area (Å²) in [7, 11) is 4.83. The predicted molar refractivity (Wildman–Crippen MR) is 75.4 cm³/mol. The smallest absolute Gasteiger partial charge is 0.263 e. The van der Waals surface area contributed by atoms with Crippen LogP contribution in [0.1, 0.15) is 16.1 Å². The van der Waals surface area contributed by atoms with Crippen LogP contribution < -0.4 is 14.8 Å². The number of carbonyl (C=O) groups is 1. The molecule has 1 aromatic heterocycles. The third-order valence-electron chi connectivity index (χ3n) is 2.92. The van der Waals surface area contributed by atoms with Crippen molar-refractivity contribution in [2.24, 2.45) is 7.05 Å². The third-order valence-corrected chi connectivity index (χ3v) is 2.92. The van der Waals surface area contributed by atoms with Crippen LogP contribution in [0.3, 0.4) is 0 Å². The van der Waals surface area contributed by atoms with E-state index in [1.54, 1.807) is 36.1 Å². The molecule has 0 bridgehead atoms. The lowest BCUT2D eigenvalue weighted by atomic mass is 10.1. The Bertz CT molecular complexity index is 612. The molecule has 0 spiro atoms. The highest BCUT2D eigenvalue weighted by molar-refractivity contribution is 6.08. The van der Waals surface area contributed by atoms with Gasteiger partial charge in [0, 0.05) is 13.2 Å². The van der Waals surface area contributed by atoms with E-state index in [-0.39, 0.29) is 5.91 Å². The van der Waals surface area contributed by atoms with Crippen LogP contribution in [0.5, 0.6) is 11.5 Å². The maximum atomic E-state index is 12.4. The number of carbonyl (C=O) groups excluding carboxylic acids is 1. The highest BCUT2D eigenvalue weighted by Crippen LogP contribution is 2.29. The predicted octanol–water partition coefficient (Wildman–Crippen LogP) is 2.00. The minimum absolute atomic E-state index is 0.296. The van der Waals surface area contributed by atoms with Gasteiger partial charge in [0.2, 0.25) is 0 Å². The van der Waals surface area contributed by atoms with Crippen molar-refractivity contribution in [2.75, 3.05) is 19.5 Å². The van der Waals surface area contributed by atoms with Gasteiger partial charge in [-0.05, 0) is 19.1 Å². The fraction of sp³-hybridized carbons (Fsp3) is 0.286. The van der Waals surface area contributed by atoms with Gasteiger partial charge in [-0.3, -0.25) is 9.48 Å². The highest BCUT2D eigenvalue weighted by Gasteiger charge is 2.19. The summed E-state index contributed by atoms with van der Waals surface area (Å²) in [5.41, 5.74) is 1.76. The standard InChI is InChI=1S/C14H17N3O3/c1-9-10(8-17(2)16-9)15-14(18)13-11(19-3)6-5-7-12(13)20-4/h5-8H,1-4H3,(H,15,18). The molecular formula is C14H17N3O3. The largest absolute Gasteiger partial charge is 0.496 e. The molecule has 1 N–H and O–H groups in total. The Labute approximate surface area is 117 Å². The van der Waals surface area contributed by atoms with Gasteiger partial charge in [-0.2, -0.15) is 5.10 Å². The van der Waals surface area contributed by atoms with Crippen molar-refractivity contribution in [1.29, 1.82) is 0 Å². The fourth-order valence-electron chi connectivity index (χ4n) is 1.98. The minimum atomic E-state index is -0.296. The van der Waals surface area contributed by atoms with Gasteiger partial charge in [-0.1, -0.05) is 6.07 Å². The highest BCUT2D eigenvalue weighted by atomic mass is 16.5. The number of rotatable bonds is 4. The Morgan fingerprint density at radius 1 is 1.25 bits per heavy atom. The molecule has 1 amide bonds. The molecule has 20 heavy (non-hydrogen) atoms. The van der Waals surface area contributed by atoms with Gasteiger partial charge in [0.05, 0.1) is 25.6 Å². The summed E-state index contributed by atoms with van der Waals surface area (Å²) in [5, 5.41) is 7.00. The quantitative estimate of drug-likeness (QED) is 0.926. The topological polar surface area (TPSA) is 65.4 Å². The number of ether oxygens (including phenoxy) is 2. The van der Waals surface area contributed by atoms with Crippen molar-refractivity contribution < 1.29 is 14.3 Å². The summed E-state index contributed by atoms with van der Waals surface area (Å²) in [4.78, 5) is 12.4. The molecule has 6 heteroatoms. The molecule has 0 radical (unpaired) electrons. The second kappa shape index (κ2) is 5.64. The number of aryl methyl sites for hydroxylation is 2. The Morgan fingerprint density at radius 3 is 2.30 bits per heavy atom. The number of nitrogens with zero attached hydrogens (tertiary/aromatic N) is 2. The lowest BCUT2D eigenvalue weighted by molar-refractivity contribution is 0.102. The van der Waals surface area contributed by atoms with E-state index in [4.69, 9.17) is 9.47 Å². The number of nitrogens with one attached hydrogen (secondary N) is 1. The van der Waals surface area contributed by atoms with Gasteiger partial charge in [0.15, 0.2) is 0 Å². The lowest BCUT2D eigenvalue weighted by Crippen LogP contribution is -2.14. The molecule has 0 aliphatic carbocycles. The lowest BCUT2D eigenvalue weighted by Gasteiger charge is -2.12. The van der Waals surface area contributed by atoms with Crippen molar-refractivity contribution in [1.82, 2.24) is 9.78 Å². The maximum Gasteiger partial charge on any atom is 0.263 e. The van der Waals surface area contributed by atoms with E-state index in [0.29, 0.717) is 22.7 Å². The monoisotopic (exact) mass is 275 g/mol. The number of hydrogen-bond acceptors (Lipinski definition) is 4. The molecule has 1 heterocycles. The van der Waals surface area contributed by atoms with Crippen molar-refractivity contribution in [3.05, 3.63) is 35.7 Å². The molecule has 0 aliphatic heterocycles. The first-order valence-electron chi connectivity index (χ1n) is 6.09. The number of aromatic nitrogens is 2. The van der Waals surface area contributed by atoms with Crippen LogP contribution in [-0.2, 0) is 7.05 Å². The first-order valence-corrected chi connectivity index (χ1v) is 6.09. The number of anilines is 1. The molecule has 1 aromatic carbocycles. The first-order chi connectivity index (χ1) is 9.56. The van der Waals surface area contributed by atoms with Crippen LogP contribution in [0.15, 0.2) is 24.4 Å². The van der Waals surface area contributed by atoms with Crippen LogP contribution in [0.4, 0.5) is 5.69 Å². The number of methoxy groups -OCH3 is 2. The average molecular weight is 275 g/mol. The Morgan fingerprint density at radius 2 is 1.85 bits per heavy atom. The fourth-order valence-corrected chi connectivity index (χ4v) is 1.98.